The second-order valence-electron chi connectivity index (χ2n) is 3.20. The lowest BCUT2D eigenvalue weighted by molar-refractivity contribution is 0.214. The summed E-state index contributed by atoms with van der Waals surface area (Å²) >= 11 is 0. The van der Waals surface area contributed by atoms with Gasteiger partial charge in [0.15, 0.2) is 0 Å². The Morgan fingerprint density at radius 3 is 2.73 bits per heavy atom. The number of rotatable bonds is 4. The average molecular weight is 234 g/mol. The first kappa shape index (κ1) is 12.0. The first-order valence-corrected chi connectivity index (χ1v) is 5.73. The Morgan fingerprint density at radius 1 is 1.73 bits per heavy atom. The number of aromatic amines is 1. The van der Waals surface area contributed by atoms with Gasteiger partial charge in [0.1, 0.15) is 10.7 Å². The predicted molar refractivity (Wildman–Crippen MR) is 54.5 cm³/mol. The summed E-state index contributed by atoms with van der Waals surface area (Å²) in [6.45, 7) is 1.33. The molecule has 0 saturated heterocycles. The molecule has 0 aliphatic rings. The molecular weight excluding hydrogens is 220 g/mol. The van der Waals surface area contributed by atoms with Crippen LogP contribution in [0.5, 0.6) is 0 Å². The Hall–Kier alpha value is -1.12. The maximum atomic E-state index is 11.9. The summed E-state index contributed by atoms with van der Waals surface area (Å²) in [5.74, 6) is -0.00742. The predicted octanol–water partition coefficient (Wildman–Crippen LogP) is -1.01. The van der Waals surface area contributed by atoms with Gasteiger partial charge in [0, 0.05) is 13.1 Å². The third-order valence-electron chi connectivity index (χ3n) is 2.17. The number of likely N-dealkylation sites (N-methyl/N-ethyl adjacent to an activating group) is 1. The van der Waals surface area contributed by atoms with Crippen LogP contribution in [0.25, 0.3) is 0 Å². The fourth-order valence-electron chi connectivity index (χ4n) is 0.998. The first-order chi connectivity index (χ1) is 6.91. The van der Waals surface area contributed by atoms with Crippen molar-refractivity contribution >= 4 is 15.8 Å². The molecule has 7 nitrogen and oxygen atoms in total. The van der Waals surface area contributed by atoms with Crippen molar-refractivity contribution in [1.29, 1.82) is 0 Å². The van der Waals surface area contributed by atoms with E-state index < -0.39 is 16.1 Å². The van der Waals surface area contributed by atoms with Gasteiger partial charge in [-0.15, -0.1) is 0 Å². The van der Waals surface area contributed by atoms with Gasteiger partial charge in [-0.05, 0) is 6.92 Å². The highest BCUT2D eigenvalue weighted by Gasteiger charge is 2.27. The van der Waals surface area contributed by atoms with Gasteiger partial charge in [-0.2, -0.15) is 9.40 Å². The number of nitrogens with two attached hydrogens (primary N) is 1. The number of anilines is 1. The van der Waals surface area contributed by atoms with E-state index in [-0.39, 0.29) is 17.3 Å². The van der Waals surface area contributed by atoms with Gasteiger partial charge < -0.3 is 10.8 Å². The molecule has 0 aromatic carbocycles. The normalized spacial score (nSPS) is 14.4. The minimum atomic E-state index is -3.68. The molecule has 8 heteroatoms. The van der Waals surface area contributed by atoms with Crippen molar-refractivity contribution in [1.82, 2.24) is 14.5 Å². The molecular formula is C7H14N4O3S. The van der Waals surface area contributed by atoms with E-state index in [1.54, 1.807) is 6.92 Å². The number of aliphatic hydroxyl groups excluding tert-OH is 1. The van der Waals surface area contributed by atoms with Gasteiger partial charge in [0.05, 0.1) is 12.8 Å². The molecule has 0 saturated carbocycles. The molecule has 15 heavy (non-hydrogen) atoms. The SMILES string of the molecule is CC(CO)N(C)S(=O)(=O)c1cn[nH]c1N. The van der Waals surface area contributed by atoms with Crippen LogP contribution in [0.2, 0.25) is 0 Å². The van der Waals surface area contributed by atoms with Gasteiger partial charge in [-0.25, -0.2) is 8.42 Å². The number of nitrogen functional groups attached to an aromatic ring is 1. The number of aliphatic hydroxyl groups is 1. The smallest absolute Gasteiger partial charge is 0.248 e. The van der Waals surface area contributed by atoms with E-state index in [4.69, 9.17) is 10.8 Å². The summed E-state index contributed by atoms with van der Waals surface area (Å²) < 4.78 is 24.8. The lowest BCUT2D eigenvalue weighted by Gasteiger charge is -2.21. The lowest BCUT2D eigenvalue weighted by Crippen LogP contribution is -2.37. The van der Waals surface area contributed by atoms with Gasteiger partial charge in [0.2, 0.25) is 10.0 Å². The zero-order chi connectivity index (χ0) is 11.6. The monoisotopic (exact) mass is 234 g/mol. The number of hydrogen-bond donors (Lipinski definition) is 3. The number of hydrogen-bond acceptors (Lipinski definition) is 5. The molecule has 0 fully saturated rings. The van der Waals surface area contributed by atoms with Crippen LogP contribution in [-0.4, -0.2) is 47.7 Å². The van der Waals surface area contributed by atoms with Crippen molar-refractivity contribution in [2.75, 3.05) is 19.4 Å². The highest BCUT2D eigenvalue weighted by molar-refractivity contribution is 7.89. The molecule has 1 unspecified atom stereocenters. The van der Waals surface area contributed by atoms with Crippen molar-refractivity contribution in [3.8, 4) is 0 Å². The second kappa shape index (κ2) is 4.17. The van der Waals surface area contributed by atoms with E-state index in [0.717, 1.165) is 10.5 Å². The van der Waals surface area contributed by atoms with Crippen LogP contribution in [0.3, 0.4) is 0 Å². The van der Waals surface area contributed by atoms with Crippen molar-refractivity contribution in [2.24, 2.45) is 0 Å². The van der Waals surface area contributed by atoms with Crippen LogP contribution in [-0.2, 0) is 10.0 Å². The maximum absolute atomic E-state index is 11.9. The zero-order valence-corrected chi connectivity index (χ0v) is 9.32. The molecule has 0 aliphatic heterocycles. The number of aromatic nitrogens is 2. The molecule has 1 aromatic rings. The van der Waals surface area contributed by atoms with Gasteiger partial charge in [-0.3, -0.25) is 5.10 Å². The molecule has 86 valence electrons. The Bertz CT molecular complexity index is 427. The van der Waals surface area contributed by atoms with E-state index >= 15 is 0 Å². The Kier molecular flexibility index (Phi) is 3.32. The lowest BCUT2D eigenvalue weighted by atomic mass is 10.4. The van der Waals surface area contributed by atoms with Gasteiger partial charge >= 0.3 is 0 Å². The van der Waals surface area contributed by atoms with E-state index in [1.807, 2.05) is 0 Å². The largest absolute Gasteiger partial charge is 0.395 e. The maximum Gasteiger partial charge on any atom is 0.248 e. The fourth-order valence-corrected chi connectivity index (χ4v) is 2.36. The summed E-state index contributed by atoms with van der Waals surface area (Å²) in [6, 6.07) is -0.510. The van der Waals surface area contributed by atoms with Crippen molar-refractivity contribution in [3.63, 3.8) is 0 Å². The molecule has 1 aromatic heterocycles. The Labute approximate surface area is 87.9 Å². The summed E-state index contributed by atoms with van der Waals surface area (Å²) in [4.78, 5) is -0.0784. The Morgan fingerprint density at radius 2 is 2.33 bits per heavy atom. The van der Waals surface area contributed by atoms with Crippen molar-refractivity contribution < 1.29 is 13.5 Å². The molecule has 0 aliphatic carbocycles. The van der Waals surface area contributed by atoms with Crippen LogP contribution in [0, 0.1) is 0 Å². The van der Waals surface area contributed by atoms with Crippen LogP contribution >= 0.6 is 0 Å². The third-order valence-corrected chi connectivity index (χ3v) is 4.17. The fraction of sp³-hybridized carbons (Fsp3) is 0.571. The summed E-state index contributed by atoms with van der Waals surface area (Å²) in [5, 5.41) is 14.8. The van der Waals surface area contributed by atoms with E-state index in [0.29, 0.717) is 0 Å². The molecule has 0 radical (unpaired) electrons. The van der Waals surface area contributed by atoms with Crippen LogP contribution in [0.15, 0.2) is 11.1 Å². The topological polar surface area (TPSA) is 112 Å². The highest BCUT2D eigenvalue weighted by Crippen LogP contribution is 2.19. The molecule has 1 atom stereocenters. The highest BCUT2D eigenvalue weighted by atomic mass is 32.2. The molecule has 1 heterocycles. The van der Waals surface area contributed by atoms with Gasteiger partial charge in [0.25, 0.3) is 0 Å². The quantitative estimate of drug-likeness (QED) is 0.618. The van der Waals surface area contributed by atoms with Crippen molar-refractivity contribution in [2.45, 2.75) is 17.9 Å². The van der Waals surface area contributed by atoms with E-state index in [1.165, 1.54) is 7.05 Å². The standard InChI is InChI=1S/C7H14N4O3S/c1-5(4-12)11(2)15(13,14)6-3-9-10-7(6)8/h3,5,12H,4H2,1-2H3,(H3,8,9,10). The molecule has 0 amide bonds. The van der Waals surface area contributed by atoms with Crippen LogP contribution < -0.4 is 5.73 Å². The summed E-state index contributed by atoms with van der Waals surface area (Å²) in [6.07, 6.45) is 1.14. The van der Waals surface area contributed by atoms with Crippen LogP contribution in [0.1, 0.15) is 6.92 Å². The number of nitrogens with one attached hydrogen (secondary N) is 1. The van der Waals surface area contributed by atoms with Crippen LogP contribution in [0.4, 0.5) is 5.82 Å². The van der Waals surface area contributed by atoms with Crippen molar-refractivity contribution in [3.05, 3.63) is 6.20 Å². The number of H-pyrrole nitrogens is 1. The van der Waals surface area contributed by atoms with Gasteiger partial charge in [-0.1, -0.05) is 0 Å². The summed E-state index contributed by atoms with van der Waals surface area (Å²) in [5.41, 5.74) is 5.42. The van der Waals surface area contributed by atoms with E-state index in [9.17, 15) is 8.42 Å². The molecule has 1 rings (SSSR count). The molecule has 0 spiro atoms. The molecule has 4 N–H and O–H groups in total. The summed E-state index contributed by atoms with van der Waals surface area (Å²) in [7, 11) is -2.31. The minimum Gasteiger partial charge on any atom is -0.395 e. The van der Waals surface area contributed by atoms with E-state index in [2.05, 4.69) is 10.2 Å². The zero-order valence-electron chi connectivity index (χ0n) is 8.51. The average Bonchev–Trinajstić information content (AvgIpc) is 2.62. The third kappa shape index (κ3) is 2.11. The second-order valence-corrected chi connectivity index (χ2v) is 5.17. The number of nitrogens with zero attached hydrogens (tertiary/aromatic N) is 2. The number of sulfonamides is 1. The molecule has 0 bridgehead atoms. The Balaban J connectivity index is 3.09. The first-order valence-electron chi connectivity index (χ1n) is 4.29. The minimum absolute atomic E-state index is 0.00742.